The van der Waals surface area contributed by atoms with E-state index in [-0.39, 0.29) is 29.6 Å². The lowest BCUT2D eigenvalue weighted by atomic mass is 10.1. The topological polar surface area (TPSA) is 71.7 Å². The molecule has 6 nitrogen and oxygen atoms in total. The standard InChI is InChI=1S/C20H30N4O2.HI/c1-7-21-19(23-13-18-24-14(2)15(3)25-18)22-12-16-10-8-9-11-17(16)26-20(4,5)6;/h8-11H,7,12-13H2,1-6H3,(H2,21,22,23);1H. The zero-order valence-electron chi connectivity index (χ0n) is 17.0. The minimum atomic E-state index is -0.247. The number of benzene rings is 1. The minimum Gasteiger partial charge on any atom is -0.488 e. The summed E-state index contributed by atoms with van der Waals surface area (Å²) in [5.74, 6) is 3.07. The van der Waals surface area contributed by atoms with E-state index in [4.69, 9.17) is 9.15 Å². The van der Waals surface area contributed by atoms with Gasteiger partial charge >= 0.3 is 0 Å². The maximum absolute atomic E-state index is 6.04. The molecule has 0 aliphatic heterocycles. The molecule has 150 valence electrons. The Morgan fingerprint density at radius 3 is 2.48 bits per heavy atom. The second-order valence-corrected chi connectivity index (χ2v) is 7.12. The van der Waals surface area contributed by atoms with Crippen LogP contribution in [0.1, 0.15) is 50.6 Å². The predicted octanol–water partition coefficient (Wildman–Crippen LogP) is 4.34. The first kappa shape index (κ1) is 23.3. The van der Waals surface area contributed by atoms with Crippen molar-refractivity contribution in [3.8, 4) is 5.75 Å². The highest BCUT2D eigenvalue weighted by Gasteiger charge is 2.14. The summed E-state index contributed by atoms with van der Waals surface area (Å²) in [7, 11) is 0. The summed E-state index contributed by atoms with van der Waals surface area (Å²) in [6.07, 6.45) is 0. The number of nitrogens with zero attached hydrogens (tertiary/aromatic N) is 2. The number of rotatable bonds is 6. The van der Waals surface area contributed by atoms with Gasteiger partial charge in [0.15, 0.2) is 5.96 Å². The SMILES string of the molecule is CCNC(=NCc1ccccc1OC(C)(C)C)NCc1nc(C)c(C)o1.I. The Morgan fingerprint density at radius 2 is 1.89 bits per heavy atom. The third-order valence-electron chi connectivity index (χ3n) is 3.62. The van der Waals surface area contributed by atoms with Crippen molar-refractivity contribution in [1.29, 1.82) is 0 Å². The van der Waals surface area contributed by atoms with E-state index in [1.807, 2.05) is 65.8 Å². The van der Waals surface area contributed by atoms with Crippen molar-refractivity contribution in [1.82, 2.24) is 15.6 Å². The molecule has 0 spiro atoms. The number of hydrogen-bond acceptors (Lipinski definition) is 4. The fourth-order valence-electron chi connectivity index (χ4n) is 2.34. The summed E-state index contributed by atoms with van der Waals surface area (Å²) in [6, 6.07) is 7.99. The lowest BCUT2D eigenvalue weighted by Gasteiger charge is -2.23. The summed E-state index contributed by atoms with van der Waals surface area (Å²) in [4.78, 5) is 9.05. The van der Waals surface area contributed by atoms with Crippen molar-refractivity contribution in [3.05, 3.63) is 47.2 Å². The Hall–Kier alpha value is -1.77. The first-order valence-electron chi connectivity index (χ1n) is 9.00. The third kappa shape index (κ3) is 7.78. The van der Waals surface area contributed by atoms with Gasteiger partial charge in [0.2, 0.25) is 5.89 Å². The van der Waals surface area contributed by atoms with Crippen molar-refractivity contribution in [2.24, 2.45) is 4.99 Å². The van der Waals surface area contributed by atoms with Crippen molar-refractivity contribution in [3.63, 3.8) is 0 Å². The number of nitrogens with one attached hydrogen (secondary N) is 2. The minimum absolute atomic E-state index is 0. The molecule has 0 aliphatic rings. The molecular weight excluding hydrogens is 455 g/mol. The highest BCUT2D eigenvalue weighted by molar-refractivity contribution is 14.0. The largest absolute Gasteiger partial charge is 0.488 e. The Morgan fingerprint density at radius 1 is 1.19 bits per heavy atom. The molecule has 0 fully saturated rings. The highest BCUT2D eigenvalue weighted by atomic mass is 127. The second-order valence-electron chi connectivity index (χ2n) is 7.12. The Balaban J connectivity index is 0.00000364. The molecule has 0 saturated heterocycles. The number of aliphatic imine (C=N–C) groups is 1. The second kappa shape index (κ2) is 10.5. The van der Waals surface area contributed by atoms with Crippen LogP contribution in [0.15, 0.2) is 33.7 Å². The van der Waals surface area contributed by atoms with Crippen LogP contribution in [0.3, 0.4) is 0 Å². The molecule has 2 aromatic rings. The summed E-state index contributed by atoms with van der Waals surface area (Å²) in [5.41, 5.74) is 1.71. The van der Waals surface area contributed by atoms with Gasteiger partial charge in [0.1, 0.15) is 17.1 Å². The van der Waals surface area contributed by atoms with Crippen LogP contribution in [0, 0.1) is 13.8 Å². The molecule has 7 heteroatoms. The molecule has 1 aromatic carbocycles. The molecule has 1 heterocycles. The van der Waals surface area contributed by atoms with Crippen LogP contribution in [0.25, 0.3) is 0 Å². The fraction of sp³-hybridized carbons (Fsp3) is 0.500. The molecule has 0 bridgehead atoms. The van der Waals surface area contributed by atoms with Crippen LogP contribution in [0.4, 0.5) is 0 Å². The number of aromatic nitrogens is 1. The van der Waals surface area contributed by atoms with Gasteiger partial charge in [0.25, 0.3) is 0 Å². The van der Waals surface area contributed by atoms with E-state index in [9.17, 15) is 0 Å². The van der Waals surface area contributed by atoms with Gasteiger partial charge in [0, 0.05) is 12.1 Å². The molecular formula is C20H31IN4O2. The van der Waals surface area contributed by atoms with E-state index in [0.717, 1.165) is 29.3 Å². The Labute approximate surface area is 179 Å². The van der Waals surface area contributed by atoms with Gasteiger partial charge in [-0.15, -0.1) is 24.0 Å². The zero-order valence-corrected chi connectivity index (χ0v) is 19.4. The zero-order chi connectivity index (χ0) is 19.2. The Kier molecular flexibility index (Phi) is 9.08. The van der Waals surface area contributed by atoms with Crippen LogP contribution in [0.5, 0.6) is 5.75 Å². The van der Waals surface area contributed by atoms with Crippen LogP contribution in [0.2, 0.25) is 0 Å². The van der Waals surface area contributed by atoms with Crippen LogP contribution in [-0.2, 0) is 13.1 Å². The molecule has 1 aromatic heterocycles. The maximum Gasteiger partial charge on any atom is 0.214 e. The molecule has 0 saturated carbocycles. The normalized spacial score (nSPS) is 11.7. The molecule has 0 unspecified atom stereocenters. The number of oxazole rings is 1. The van der Waals surface area contributed by atoms with Gasteiger partial charge in [-0.25, -0.2) is 9.98 Å². The average Bonchev–Trinajstić information content (AvgIpc) is 2.88. The summed E-state index contributed by atoms with van der Waals surface area (Å²) in [5, 5.41) is 6.50. The number of halogens is 1. The smallest absolute Gasteiger partial charge is 0.214 e. The van der Waals surface area contributed by atoms with Gasteiger partial charge < -0.3 is 19.8 Å². The van der Waals surface area contributed by atoms with Gasteiger partial charge in [-0.1, -0.05) is 18.2 Å². The predicted molar refractivity (Wildman–Crippen MR) is 120 cm³/mol. The van der Waals surface area contributed by atoms with Gasteiger partial charge in [-0.2, -0.15) is 0 Å². The van der Waals surface area contributed by atoms with Crippen molar-refractivity contribution >= 4 is 29.9 Å². The van der Waals surface area contributed by atoms with Crippen molar-refractivity contribution in [2.45, 2.75) is 60.2 Å². The lowest BCUT2D eigenvalue weighted by molar-refractivity contribution is 0.129. The molecule has 27 heavy (non-hydrogen) atoms. The number of ether oxygens (including phenoxy) is 1. The molecule has 0 amide bonds. The maximum atomic E-state index is 6.04. The van der Waals surface area contributed by atoms with Crippen molar-refractivity contribution < 1.29 is 9.15 Å². The van der Waals surface area contributed by atoms with Crippen LogP contribution >= 0.6 is 24.0 Å². The number of aryl methyl sites for hydroxylation is 2. The number of para-hydroxylation sites is 1. The average molecular weight is 486 g/mol. The number of hydrogen-bond donors (Lipinski definition) is 2. The summed E-state index contributed by atoms with van der Waals surface area (Å²) in [6.45, 7) is 13.8. The van der Waals surface area contributed by atoms with E-state index in [1.54, 1.807) is 0 Å². The fourth-order valence-corrected chi connectivity index (χ4v) is 2.34. The quantitative estimate of drug-likeness (QED) is 0.361. The van der Waals surface area contributed by atoms with E-state index in [0.29, 0.717) is 24.9 Å². The summed E-state index contributed by atoms with van der Waals surface area (Å²) < 4.78 is 11.6. The van der Waals surface area contributed by atoms with Gasteiger partial charge in [-0.3, -0.25) is 0 Å². The molecule has 0 atom stereocenters. The van der Waals surface area contributed by atoms with E-state index in [1.165, 1.54) is 0 Å². The number of guanidine groups is 1. The van der Waals surface area contributed by atoms with Crippen LogP contribution < -0.4 is 15.4 Å². The monoisotopic (exact) mass is 486 g/mol. The molecule has 2 rings (SSSR count). The van der Waals surface area contributed by atoms with Gasteiger partial charge in [0.05, 0.1) is 18.8 Å². The third-order valence-corrected chi connectivity index (χ3v) is 3.62. The van der Waals surface area contributed by atoms with Crippen molar-refractivity contribution in [2.75, 3.05) is 6.54 Å². The molecule has 0 radical (unpaired) electrons. The highest BCUT2D eigenvalue weighted by Crippen LogP contribution is 2.23. The van der Waals surface area contributed by atoms with E-state index in [2.05, 4.69) is 20.6 Å². The summed E-state index contributed by atoms with van der Waals surface area (Å²) >= 11 is 0. The lowest BCUT2D eigenvalue weighted by Crippen LogP contribution is -2.36. The Bertz CT molecular complexity index is 731. The molecule has 2 N–H and O–H groups in total. The van der Waals surface area contributed by atoms with E-state index < -0.39 is 0 Å². The van der Waals surface area contributed by atoms with E-state index >= 15 is 0 Å². The first-order valence-corrected chi connectivity index (χ1v) is 9.00. The first-order chi connectivity index (χ1) is 12.3. The van der Waals surface area contributed by atoms with Gasteiger partial charge in [-0.05, 0) is 47.6 Å². The van der Waals surface area contributed by atoms with Crippen LogP contribution in [-0.4, -0.2) is 23.1 Å². The molecule has 0 aliphatic carbocycles.